The molecule has 2 rings (SSSR count). The minimum atomic E-state index is 0.497. The van der Waals surface area contributed by atoms with Gasteiger partial charge >= 0.3 is 0 Å². The summed E-state index contributed by atoms with van der Waals surface area (Å²) in [7, 11) is 0. The van der Waals surface area contributed by atoms with E-state index in [-0.39, 0.29) is 0 Å². The van der Waals surface area contributed by atoms with Gasteiger partial charge in [-0.3, -0.25) is 4.98 Å². The highest BCUT2D eigenvalue weighted by molar-refractivity contribution is 14.1. The van der Waals surface area contributed by atoms with Gasteiger partial charge in [0.2, 0.25) is 0 Å². The molecule has 0 aliphatic carbocycles. The summed E-state index contributed by atoms with van der Waals surface area (Å²) >= 11 is 2.28. The maximum Gasteiger partial charge on any atom is 0.0783 e. The molecule has 0 bridgehead atoms. The van der Waals surface area contributed by atoms with E-state index in [1.54, 1.807) is 0 Å². The van der Waals surface area contributed by atoms with E-state index in [1.165, 1.54) is 5.39 Å². The summed E-state index contributed by atoms with van der Waals surface area (Å²) in [5.41, 5.74) is 2.27. The molecule has 0 radical (unpaired) electrons. The predicted octanol–water partition coefficient (Wildman–Crippen LogP) is 3.29. The lowest BCUT2D eigenvalue weighted by atomic mass is 10.1. The van der Waals surface area contributed by atoms with E-state index in [1.807, 2.05) is 6.20 Å². The van der Waals surface area contributed by atoms with Gasteiger partial charge in [-0.15, -0.1) is 0 Å². The predicted molar refractivity (Wildman–Crippen MR) is 62.9 cm³/mol. The van der Waals surface area contributed by atoms with Crippen LogP contribution in [0.4, 0.5) is 0 Å². The van der Waals surface area contributed by atoms with Gasteiger partial charge in [0.1, 0.15) is 0 Å². The summed E-state index contributed by atoms with van der Waals surface area (Å²) in [4.78, 5) is 7.63. The highest BCUT2D eigenvalue weighted by atomic mass is 127. The normalized spacial score (nSPS) is 11.4. The van der Waals surface area contributed by atoms with Crippen LogP contribution >= 0.6 is 22.6 Å². The van der Waals surface area contributed by atoms with Crippen LogP contribution in [0.3, 0.4) is 0 Å². The van der Waals surface area contributed by atoms with Crippen molar-refractivity contribution in [2.45, 2.75) is 19.8 Å². The average molecular weight is 286 g/mol. The first-order chi connectivity index (χ1) is 6.16. The van der Waals surface area contributed by atoms with Crippen LogP contribution in [0.25, 0.3) is 10.9 Å². The Morgan fingerprint density at radius 1 is 1.38 bits per heavy atom. The zero-order valence-corrected chi connectivity index (χ0v) is 9.79. The Morgan fingerprint density at radius 3 is 2.85 bits per heavy atom. The molecule has 0 unspecified atom stereocenters. The molecule has 0 amide bonds. The number of H-pyrrole nitrogens is 1. The highest BCUT2D eigenvalue weighted by Gasteiger charge is 2.03. The number of halogens is 1. The summed E-state index contributed by atoms with van der Waals surface area (Å²) in [6, 6.07) is 4.29. The molecule has 2 aromatic heterocycles. The number of nitrogens with zero attached hydrogens (tertiary/aromatic N) is 1. The standard InChI is InChI=1S/C10H11IN2/c1-6(2)8-3-7-4-10(11)13-9(7)5-12-8/h3-6,13H,1-2H3. The van der Waals surface area contributed by atoms with E-state index in [0.717, 1.165) is 14.9 Å². The van der Waals surface area contributed by atoms with Crippen molar-refractivity contribution in [1.29, 1.82) is 0 Å². The van der Waals surface area contributed by atoms with Crippen LogP contribution in [0.15, 0.2) is 18.3 Å². The fourth-order valence-electron chi connectivity index (χ4n) is 1.33. The van der Waals surface area contributed by atoms with Gasteiger partial charge in [-0.1, -0.05) is 13.8 Å². The van der Waals surface area contributed by atoms with Gasteiger partial charge in [0.15, 0.2) is 0 Å². The first kappa shape index (κ1) is 8.99. The van der Waals surface area contributed by atoms with Crippen LogP contribution in [-0.2, 0) is 0 Å². The monoisotopic (exact) mass is 286 g/mol. The van der Waals surface area contributed by atoms with E-state index >= 15 is 0 Å². The van der Waals surface area contributed by atoms with Crippen molar-refractivity contribution >= 4 is 33.5 Å². The van der Waals surface area contributed by atoms with Crippen molar-refractivity contribution in [2.24, 2.45) is 0 Å². The molecule has 0 fully saturated rings. The smallest absolute Gasteiger partial charge is 0.0783 e. The van der Waals surface area contributed by atoms with Crippen molar-refractivity contribution in [3.05, 3.63) is 27.7 Å². The van der Waals surface area contributed by atoms with Gasteiger partial charge in [-0.25, -0.2) is 0 Å². The molecule has 0 aromatic carbocycles. The molecule has 0 saturated heterocycles. The van der Waals surface area contributed by atoms with Crippen molar-refractivity contribution in [1.82, 2.24) is 9.97 Å². The summed E-state index contributed by atoms with van der Waals surface area (Å²) in [6.45, 7) is 4.32. The number of hydrogen-bond donors (Lipinski definition) is 1. The lowest BCUT2D eigenvalue weighted by molar-refractivity contribution is 0.826. The molecule has 68 valence electrons. The zero-order valence-electron chi connectivity index (χ0n) is 7.63. The van der Waals surface area contributed by atoms with Crippen LogP contribution in [0.5, 0.6) is 0 Å². The quantitative estimate of drug-likeness (QED) is 0.801. The Bertz CT molecular complexity index is 431. The molecule has 0 spiro atoms. The molecule has 2 heterocycles. The molecule has 0 atom stereocenters. The van der Waals surface area contributed by atoms with Gasteiger partial charge in [0.05, 0.1) is 15.4 Å². The average Bonchev–Trinajstić information content (AvgIpc) is 2.42. The molecule has 0 saturated carbocycles. The maximum absolute atomic E-state index is 4.39. The molecule has 3 heteroatoms. The molecular weight excluding hydrogens is 275 g/mol. The van der Waals surface area contributed by atoms with Crippen LogP contribution in [0, 0.1) is 3.70 Å². The van der Waals surface area contributed by atoms with Gasteiger partial charge in [-0.05, 0) is 40.6 Å². The zero-order chi connectivity index (χ0) is 9.42. The third kappa shape index (κ3) is 1.70. The molecule has 2 aromatic rings. The fraction of sp³-hybridized carbons (Fsp3) is 0.300. The number of aromatic amines is 1. The maximum atomic E-state index is 4.39. The minimum absolute atomic E-state index is 0.497. The molecular formula is C10H11IN2. The SMILES string of the molecule is CC(C)c1cc2cc(I)[nH]c2cn1. The Balaban J connectivity index is 2.61. The number of rotatable bonds is 1. The van der Waals surface area contributed by atoms with Gasteiger partial charge in [0.25, 0.3) is 0 Å². The number of hydrogen-bond acceptors (Lipinski definition) is 1. The minimum Gasteiger partial charge on any atom is -0.349 e. The van der Waals surface area contributed by atoms with Crippen molar-refractivity contribution in [2.75, 3.05) is 0 Å². The van der Waals surface area contributed by atoms with Crippen LogP contribution in [-0.4, -0.2) is 9.97 Å². The molecule has 0 aliphatic heterocycles. The van der Waals surface area contributed by atoms with E-state index in [0.29, 0.717) is 5.92 Å². The molecule has 1 N–H and O–H groups in total. The number of fused-ring (bicyclic) bond motifs is 1. The Kier molecular flexibility index (Phi) is 2.27. The molecule has 13 heavy (non-hydrogen) atoms. The van der Waals surface area contributed by atoms with Crippen LogP contribution in [0.1, 0.15) is 25.5 Å². The lowest BCUT2D eigenvalue weighted by Crippen LogP contribution is -1.90. The second-order valence-corrected chi connectivity index (χ2v) is 4.63. The highest BCUT2D eigenvalue weighted by Crippen LogP contribution is 2.20. The summed E-state index contributed by atoms with van der Waals surface area (Å²) in [5, 5.41) is 1.25. The number of pyridine rings is 1. The van der Waals surface area contributed by atoms with E-state index in [4.69, 9.17) is 0 Å². The second-order valence-electron chi connectivity index (χ2n) is 3.47. The van der Waals surface area contributed by atoms with Gasteiger partial charge in [-0.2, -0.15) is 0 Å². The third-order valence-corrected chi connectivity index (χ3v) is 2.67. The first-order valence-corrected chi connectivity index (χ1v) is 5.39. The molecule has 2 nitrogen and oxygen atoms in total. The fourth-order valence-corrected chi connectivity index (χ4v) is 1.95. The van der Waals surface area contributed by atoms with Crippen molar-refractivity contribution in [3.63, 3.8) is 0 Å². The number of aromatic nitrogens is 2. The van der Waals surface area contributed by atoms with Gasteiger partial charge in [0, 0.05) is 11.1 Å². The van der Waals surface area contributed by atoms with E-state index < -0.39 is 0 Å². The Hall–Kier alpha value is -0.580. The Labute approximate surface area is 90.9 Å². The topological polar surface area (TPSA) is 28.7 Å². The van der Waals surface area contributed by atoms with Crippen LogP contribution < -0.4 is 0 Å². The van der Waals surface area contributed by atoms with E-state index in [2.05, 4.69) is 58.5 Å². The first-order valence-electron chi connectivity index (χ1n) is 4.31. The summed E-state index contributed by atoms with van der Waals surface area (Å²) in [6.07, 6.45) is 1.91. The largest absolute Gasteiger partial charge is 0.349 e. The van der Waals surface area contributed by atoms with E-state index in [9.17, 15) is 0 Å². The lowest BCUT2D eigenvalue weighted by Gasteiger charge is -2.02. The number of nitrogens with one attached hydrogen (secondary N) is 1. The summed E-state index contributed by atoms with van der Waals surface area (Å²) < 4.78 is 1.16. The van der Waals surface area contributed by atoms with Crippen LogP contribution in [0.2, 0.25) is 0 Å². The second kappa shape index (κ2) is 3.29. The summed E-state index contributed by atoms with van der Waals surface area (Å²) in [5.74, 6) is 0.497. The third-order valence-electron chi connectivity index (χ3n) is 2.08. The molecule has 0 aliphatic rings. The van der Waals surface area contributed by atoms with Gasteiger partial charge < -0.3 is 4.98 Å². The van der Waals surface area contributed by atoms with Crippen molar-refractivity contribution in [3.8, 4) is 0 Å². The Morgan fingerprint density at radius 2 is 2.15 bits per heavy atom. The van der Waals surface area contributed by atoms with Crippen molar-refractivity contribution < 1.29 is 0 Å².